The summed E-state index contributed by atoms with van der Waals surface area (Å²) in [5.74, 6) is 0.692. The van der Waals surface area contributed by atoms with Gasteiger partial charge in [0.05, 0.1) is 0 Å². The molecule has 0 aliphatic carbocycles. The minimum atomic E-state index is -0.199. The first-order valence-electron chi connectivity index (χ1n) is 7.07. The second-order valence-corrected chi connectivity index (χ2v) is 5.26. The Morgan fingerprint density at radius 3 is 2.62 bits per heavy atom. The monoisotopic (exact) mass is 280 g/mol. The van der Waals surface area contributed by atoms with Gasteiger partial charge in [0.2, 0.25) is 0 Å². The van der Waals surface area contributed by atoms with Gasteiger partial charge in [-0.3, -0.25) is 0 Å². The van der Waals surface area contributed by atoms with Crippen LogP contribution in [0.15, 0.2) is 60.8 Å². The van der Waals surface area contributed by atoms with Crippen LogP contribution in [0.2, 0.25) is 0 Å². The number of aromatic nitrogens is 1. The molecule has 0 saturated carbocycles. The Labute approximate surface area is 123 Å². The highest BCUT2D eigenvalue weighted by atomic mass is 19.1. The number of fused-ring (bicyclic) bond motifs is 1. The van der Waals surface area contributed by atoms with Crippen molar-refractivity contribution in [2.24, 2.45) is 0 Å². The Balaban J connectivity index is 1.77. The highest BCUT2D eigenvalue weighted by Crippen LogP contribution is 2.21. The molecule has 2 nitrogen and oxygen atoms in total. The highest BCUT2D eigenvalue weighted by Gasteiger charge is 2.07. The number of hydrogen-bond acceptors (Lipinski definition) is 2. The quantitative estimate of drug-likeness (QED) is 0.765. The van der Waals surface area contributed by atoms with E-state index in [0.29, 0.717) is 0 Å². The first-order valence-corrected chi connectivity index (χ1v) is 7.07. The Kier molecular flexibility index (Phi) is 3.82. The lowest BCUT2D eigenvalue weighted by atomic mass is 10.1. The van der Waals surface area contributed by atoms with Crippen LogP contribution in [0.5, 0.6) is 0 Å². The molecule has 106 valence electrons. The Hall–Kier alpha value is -2.42. The standard InChI is InChI=1S/C18H17FN2/c1-13(12-14-6-8-16(19)9-7-14)21-18-17-5-3-2-4-15(17)10-11-20-18/h2-11,13H,12H2,1H3,(H,20,21). The van der Waals surface area contributed by atoms with E-state index in [1.807, 2.05) is 36.5 Å². The van der Waals surface area contributed by atoms with Gasteiger partial charge in [-0.25, -0.2) is 9.37 Å². The molecule has 0 bridgehead atoms. The summed E-state index contributed by atoms with van der Waals surface area (Å²) < 4.78 is 12.9. The molecular formula is C18H17FN2. The number of pyridine rings is 1. The molecule has 0 spiro atoms. The first-order chi connectivity index (χ1) is 10.2. The average Bonchev–Trinajstić information content (AvgIpc) is 2.50. The van der Waals surface area contributed by atoms with E-state index >= 15 is 0 Å². The molecule has 1 atom stereocenters. The van der Waals surface area contributed by atoms with Gasteiger partial charge in [0.1, 0.15) is 11.6 Å². The summed E-state index contributed by atoms with van der Waals surface area (Å²) >= 11 is 0. The Morgan fingerprint density at radius 2 is 1.81 bits per heavy atom. The van der Waals surface area contributed by atoms with Gasteiger partial charge in [0, 0.05) is 17.6 Å². The largest absolute Gasteiger partial charge is 0.367 e. The molecule has 0 amide bonds. The van der Waals surface area contributed by atoms with E-state index in [0.717, 1.165) is 23.2 Å². The first kappa shape index (κ1) is 13.6. The van der Waals surface area contributed by atoms with Crippen LogP contribution < -0.4 is 5.32 Å². The van der Waals surface area contributed by atoms with Crippen LogP contribution in [0.4, 0.5) is 10.2 Å². The topological polar surface area (TPSA) is 24.9 Å². The van der Waals surface area contributed by atoms with Crippen molar-refractivity contribution < 1.29 is 4.39 Å². The number of halogens is 1. The van der Waals surface area contributed by atoms with E-state index < -0.39 is 0 Å². The number of benzene rings is 2. The normalized spacial score (nSPS) is 12.3. The second-order valence-electron chi connectivity index (χ2n) is 5.26. The predicted molar refractivity (Wildman–Crippen MR) is 84.9 cm³/mol. The maximum atomic E-state index is 12.9. The number of anilines is 1. The van der Waals surface area contributed by atoms with Gasteiger partial charge in [-0.2, -0.15) is 0 Å². The second kappa shape index (κ2) is 5.92. The van der Waals surface area contributed by atoms with Crippen molar-refractivity contribution in [3.8, 4) is 0 Å². The fourth-order valence-corrected chi connectivity index (χ4v) is 2.49. The predicted octanol–water partition coefficient (Wildman–Crippen LogP) is 4.42. The maximum Gasteiger partial charge on any atom is 0.134 e. The average molecular weight is 280 g/mol. The van der Waals surface area contributed by atoms with Crippen LogP contribution in [0, 0.1) is 5.82 Å². The molecule has 0 aliphatic heterocycles. The minimum Gasteiger partial charge on any atom is -0.367 e. The zero-order chi connectivity index (χ0) is 14.7. The molecule has 1 aromatic heterocycles. The van der Waals surface area contributed by atoms with Crippen molar-refractivity contribution in [1.82, 2.24) is 4.98 Å². The van der Waals surface area contributed by atoms with Gasteiger partial charge in [-0.1, -0.05) is 36.4 Å². The lowest BCUT2D eigenvalue weighted by molar-refractivity contribution is 0.626. The molecule has 0 radical (unpaired) electrons. The molecule has 1 unspecified atom stereocenters. The van der Waals surface area contributed by atoms with E-state index in [1.54, 1.807) is 0 Å². The lowest BCUT2D eigenvalue weighted by Gasteiger charge is -2.16. The van der Waals surface area contributed by atoms with Crippen LogP contribution in [-0.4, -0.2) is 11.0 Å². The smallest absolute Gasteiger partial charge is 0.134 e. The highest BCUT2D eigenvalue weighted by molar-refractivity contribution is 5.91. The zero-order valence-corrected chi connectivity index (χ0v) is 11.9. The molecule has 0 aliphatic rings. The van der Waals surface area contributed by atoms with E-state index in [1.165, 1.54) is 17.5 Å². The van der Waals surface area contributed by atoms with Gasteiger partial charge in [-0.05, 0) is 42.5 Å². The molecule has 3 heteroatoms. The summed E-state index contributed by atoms with van der Waals surface area (Å²) in [4.78, 5) is 4.43. The number of nitrogens with zero attached hydrogens (tertiary/aromatic N) is 1. The Bertz CT molecular complexity index is 732. The minimum absolute atomic E-state index is 0.199. The molecule has 0 saturated heterocycles. The van der Waals surface area contributed by atoms with Crippen molar-refractivity contribution in [3.63, 3.8) is 0 Å². The van der Waals surface area contributed by atoms with Gasteiger partial charge >= 0.3 is 0 Å². The van der Waals surface area contributed by atoms with E-state index in [9.17, 15) is 4.39 Å². The molecule has 0 fully saturated rings. The molecule has 3 aromatic rings. The third-order valence-electron chi connectivity index (χ3n) is 3.51. The van der Waals surface area contributed by atoms with Gasteiger partial charge in [0.15, 0.2) is 0 Å². The van der Waals surface area contributed by atoms with E-state index in [4.69, 9.17) is 0 Å². The van der Waals surface area contributed by atoms with Crippen molar-refractivity contribution in [1.29, 1.82) is 0 Å². The maximum absolute atomic E-state index is 12.9. The van der Waals surface area contributed by atoms with Gasteiger partial charge < -0.3 is 5.32 Å². The fraction of sp³-hybridized carbons (Fsp3) is 0.167. The van der Waals surface area contributed by atoms with Crippen molar-refractivity contribution in [2.75, 3.05) is 5.32 Å². The molecule has 1 heterocycles. The van der Waals surface area contributed by atoms with Crippen LogP contribution in [-0.2, 0) is 6.42 Å². The molecule has 3 rings (SSSR count). The summed E-state index contributed by atoms with van der Waals surface area (Å²) in [6, 6.07) is 17.0. The lowest BCUT2D eigenvalue weighted by Crippen LogP contribution is -2.19. The number of hydrogen-bond donors (Lipinski definition) is 1. The Morgan fingerprint density at radius 1 is 1.05 bits per heavy atom. The molecule has 2 aromatic carbocycles. The summed E-state index contributed by atoms with van der Waals surface area (Å²) in [5.41, 5.74) is 1.11. The molecule has 1 N–H and O–H groups in total. The van der Waals surface area contributed by atoms with Gasteiger partial charge in [0.25, 0.3) is 0 Å². The molecular weight excluding hydrogens is 263 g/mol. The van der Waals surface area contributed by atoms with E-state index in [2.05, 4.69) is 29.4 Å². The van der Waals surface area contributed by atoms with Crippen molar-refractivity contribution in [2.45, 2.75) is 19.4 Å². The van der Waals surface area contributed by atoms with Crippen LogP contribution in [0.25, 0.3) is 10.8 Å². The number of rotatable bonds is 4. The summed E-state index contributed by atoms with van der Waals surface area (Å²) in [6.45, 7) is 2.10. The van der Waals surface area contributed by atoms with Gasteiger partial charge in [-0.15, -0.1) is 0 Å². The van der Waals surface area contributed by atoms with Crippen LogP contribution in [0.3, 0.4) is 0 Å². The van der Waals surface area contributed by atoms with Crippen molar-refractivity contribution >= 4 is 16.6 Å². The van der Waals surface area contributed by atoms with Crippen LogP contribution >= 0.6 is 0 Å². The SMILES string of the molecule is CC(Cc1ccc(F)cc1)Nc1nccc2ccccc12. The summed E-state index contributed by atoms with van der Waals surface area (Å²) in [6.07, 6.45) is 2.64. The van der Waals surface area contributed by atoms with Crippen LogP contribution in [0.1, 0.15) is 12.5 Å². The molecule has 21 heavy (non-hydrogen) atoms. The fourth-order valence-electron chi connectivity index (χ4n) is 2.49. The third kappa shape index (κ3) is 3.19. The summed E-state index contributed by atoms with van der Waals surface area (Å²) in [5, 5.41) is 5.73. The van der Waals surface area contributed by atoms with Crippen molar-refractivity contribution in [3.05, 3.63) is 72.2 Å². The number of nitrogens with one attached hydrogen (secondary N) is 1. The zero-order valence-electron chi connectivity index (χ0n) is 11.9. The summed E-state index contributed by atoms with van der Waals surface area (Å²) in [7, 11) is 0. The van der Waals surface area contributed by atoms with E-state index in [-0.39, 0.29) is 11.9 Å². The third-order valence-corrected chi connectivity index (χ3v) is 3.51.